The van der Waals surface area contributed by atoms with Crippen molar-refractivity contribution in [3.8, 4) is 0 Å². The Morgan fingerprint density at radius 1 is 1.67 bits per heavy atom. The molecule has 2 heterocycles. The number of rotatable bonds is 3. The van der Waals surface area contributed by atoms with Crippen molar-refractivity contribution in [1.82, 2.24) is 15.3 Å². The Balaban J connectivity index is 1.88. The largest absolute Gasteiger partial charge is 0.367 e. The predicted octanol–water partition coefficient (Wildman–Crippen LogP) is 0.820. The zero-order chi connectivity index (χ0) is 10.7. The van der Waals surface area contributed by atoms with E-state index in [0.717, 1.165) is 6.42 Å². The van der Waals surface area contributed by atoms with Crippen molar-refractivity contribution >= 4 is 23.3 Å². The number of hydrogen-bond acceptors (Lipinski definition) is 4. The van der Waals surface area contributed by atoms with E-state index in [0.29, 0.717) is 23.8 Å². The fraction of sp³-hybridized carbons (Fsp3) is 0.444. The lowest BCUT2D eigenvalue weighted by Gasteiger charge is -2.11. The quantitative estimate of drug-likeness (QED) is 0.801. The number of nitrogens with one attached hydrogen (secondary N) is 2. The second-order valence-corrected chi connectivity index (χ2v) is 3.81. The van der Waals surface area contributed by atoms with Crippen LogP contribution >= 0.6 is 11.6 Å². The Labute approximate surface area is 92.3 Å². The lowest BCUT2D eigenvalue weighted by Crippen LogP contribution is -2.32. The normalized spacial score (nSPS) is 20.1. The van der Waals surface area contributed by atoms with E-state index >= 15 is 0 Å². The monoisotopic (exact) mass is 226 g/mol. The van der Waals surface area contributed by atoms with Gasteiger partial charge in [0, 0.05) is 19.0 Å². The fourth-order valence-electron chi connectivity index (χ4n) is 1.49. The van der Waals surface area contributed by atoms with Crippen molar-refractivity contribution in [2.45, 2.75) is 18.9 Å². The summed E-state index contributed by atoms with van der Waals surface area (Å²) in [6.45, 7) is 0.641. The molecule has 1 aliphatic heterocycles. The number of aromatic nitrogens is 2. The number of anilines is 1. The van der Waals surface area contributed by atoms with Crippen molar-refractivity contribution < 1.29 is 4.79 Å². The molecule has 1 aliphatic rings. The minimum Gasteiger partial charge on any atom is -0.367 e. The molecule has 0 aromatic carbocycles. The number of carbonyl (C=O) groups excluding carboxylic acids is 1. The Bertz CT molecular complexity index is 371. The van der Waals surface area contributed by atoms with Gasteiger partial charge in [-0.3, -0.25) is 4.79 Å². The molecule has 1 aromatic heterocycles. The Hall–Kier alpha value is -1.36. The van der Waals surface area contributed by atoms with Gasteiger partial charge in [-0.1, -0.05) is 11.6 Å². The highest BCUT2D eigenvalue weighted by atomic mass is 35.5. The predicted molar refractivity (Wildman–Crippen MR) is 56.7 cm³/mol. The van der Waals surface area contributed by atoms with Gasteiger partial charge in [-0.2, -0.15) is 0 Å². The molecular weight excluding hydrogens is 216 g/mol. The molecule has 0 aliphatic carbocycles. The fourth-order valence-corrected chi connectivity index (χ4v) is 1.66. The van der Waals surface area contributed by atoms with Crippen molar-refractivity contribution in [3.63, 3.8) is 0 Å². The highest BCUT2D eigenvalue weighted by Crippen LogP contribution is 2.16. The van der Waals surface area contributed by atoms with Crippen molar-refractivity contribution in [1.29, 1.82) is 0 Å². The molecule has 5 nitrogen and oxygen atoms in total. The molecule has 80 valence electrons. The molecule has 2 rings (SSSR count). The van der Waals surface area contributed by atoms with Crippen LogP contribution in [0.2, 0.25) is 5.02 Å². The Morgan fingerprint density at radius 3 is 3.20 bits per heavy atom. The second-order valence-electron chi connectivity index (χ2n) is 3.40. The van der Waals surface area contributed by atoms with Gasteiger partial charge in [0.1, 0.15) is 17.2 Å². The van der Waals surface area contributed by atoms with Crippen LogP contribution in [0.1, 0.15) is 12.8 Å². The first-order chi connectivity index (χ1) is 7.25. The third-order valence-electron chi connectivity index (χ3n) is 2.27. The van der Waals surface area contributed by atoms with Crippen LogP contribution in [-0.2, 0) is 4.79 Å². The van der Waals surface area contributed by atoms with E-state index in [4.69, 9.17) is 11.6 Å². The summed E-state index contributed by atoms with van der Waals surface area (Å²) in [5.74, 6) is 0.711. The molecule has 0 saturated carbocycles. The molecule has 1 fully saturated rings. The van der Waals surface area contributed by atoms with E-state index in [-0.39, 0.29) is 11.9 Å². The molecule has 0 bridgehead atoms. The highest BCUT2D eigenvalue weighted by Gasteiger charge is 2.20. The zero-order valence-corrected chi connectivity index (χ0v) is 8.79. The Kier molecular flexibility index (Phi) is 3.01. The van der Waals surface area contributed by atoms with E-state index in [1.54, 1.807) is 0 Å². The van der Waals surface area contributed by atoms with Gasteiger partial charge in [-0.05, 0) is 6.42 Å². The Morgan fingerprint density at radius 2 is 2.53 bits per heavy atom. The average Bonchev–Trinajstić information content (AvgIpc) is 2.63. The molecule has 0 spiro atoms. The standard InChI is InChI=1S/C9H11ClN4O/c10-7-4-11-5-13-9(7)12-3-6-1-2-8(15)14-6/h4-6H,1-3H2,(H,14,15)(H,11,12,13)/t6-/m1/s1. The molecule has 1 aromatic rings. The molecule has 1 saturated heterocycles. The third kappa shape index (κ3) is 2.56. The highest BCUT2D eigenvalue weighted by molar-refractivity contribution is 6.32. The van der Waals surface area contributed by atoms with Gasteiger partial charge in [0.05, 0.1) is 6.20 Å². The first kappa shape index (κ1) is 10.2. The lowest BCUT2D eigenvalue weighted by atomic mass is 10.2. The van der Waals surface area contributed by atoms with Crippen LogP contribution in [0.3, 0.4) is 0 Å². The first-order valence-corrected chi connectivity index (χ1v) is 5.12. The van der Waals surface area contributed by atoms with Gasteiger partial charge in [0.2, 0.25) is 5.91 Å². The summed E-state index contributed by atoms with van der Waals surface area (Å²) in [5.41, 5.74) is 0. The van der Waals surface area contributed by atoms with Crippen LogP contribution in [0.25, 0.3) is 0 Å². The SMILES string of the molecule is O=C1CC[C@H](CNc2ncncc2Cl)N1. The van der Waals surface area contributed by atoms with Crippen LogP contribution in [0, 0.1) is 0 Å². The minimum absolute atomic E-state index is 0.107. The maximum atomic E-state index is 10.9. The minimum atomic E-state index is 0.107. The molecule has 6 heteroatoms. The van der Waals surface area contributed by atoms with E-state index in [2.05, 4.69) is 20.6 Å². The van der Waals surface area contributed by atoms with Gasteiger partial charge < -0.3 is 10.6 Å². The molecular formula is C9H11ClN4O. The van der Waals surface area contributed by atoms with Gasteiger partial charge in [-0.15, -0.1) is 0 Å². The van der Waals surface area contributed by atoms with Crippen molar-refractivity contribution in [2.24, 2.45) is 0 Å². The first-order valence-electron chi connectivity index (χ1n) is 4.74. The number of hydrogen-bond donors (Lipinski definition) is 2. The topological polar surface area (TPSA) is 66.9 Å². The summed E-state index contributed by atoms with van der Waals surface area (Å²) in [6, 6.07) is 0.170. The van der Waals surface area contributed by atoms with E-state index < -0.39 is 0 Å². The molecule has 15 heavy (non-hydrogen) atoms. The van der Waals surface area contributed by atoms with Gasteiger partial charge in [0.25, 0.3) is 0 Å². The average molecular weight is 227 g/mol. The van der Waals surface area contributed by atoms with Crippen LogP contribution in [-0.4, -0.2) is 28.5 Å². The summed E-state index contributed by atoms with van der Waals surface area (Å²) < 4.78 is 0. The van der Waals surface area contributed by atoms with E-state index in [1.165, 1.54) is 12.5 Å². The number of amides is 1. The van der Waals surface area contributed by atoms with Crippen LogP contribution in [0.4, 0.5) is 5.82 Å². The molecule has 1 amide bonds. The number of carbonyl (C=O) groups is 1. The van der Waals surface area contributed by atoms with Gasteiger partial charge in [-0.25, -0.2) is 9.97 Å². The van der Waals surface area contributed by atoms with E-state index in [1.807, 2.05) is 0 Å². The van der Waals surface area contributed by atoms with Crippen LogP contribution in [0.5, 0.6) is 0 Å². The number of halogens is 1. The van der Waals surface area contributed by atoms with Crippen molar-refractivity contribution in [2.75, 3.05) is 11.9 Å². The molecule has 0 radical (unpaired) electrons. The lowest BCUT2D eigenvalue weighted by molar-refractivity contribution is -0.119. The maximum absolute atomic E-state index is 10.9. The summed E-state index contributed by atoms with van der Waals surface area (Å²) in [5, 5.41) is 6.42. The summed E-state index contributed by atoms with van der Waals surface area (Å²) in [6.07, 6.45) is 4.42. The second kappa shape index (κ2) is 4.44. The van der Waals surface area contributed by atoms with Gasteiger partial charge in [0.15, 0.2) is 0 Å². The number of nitrogens with zero attached hydrogens (tertiary/aromatic N) is 2. The van der Waals surface area contributed by atoms with E-state index in [9.17, 15) is 4.79 Å². The summed E-state index contributed by atoms with van der Waals surface area (Å²) in [7, 11) is 0. The molecule has 1 atom stereocenters. The van der Waals surface area contributed by atoms with Crippen LogP contribution < -0.4 is 10.6 Å². The molecule has 2 N–H and O–H groups in total. The smallest absolute Gasteiger partial charge is 0.220 e. The molecule has 0 unspecified atom stereocenters. The summed E-state index contributed by atoms with van der Waals surface area (Å²) >= 11 is 5.86. The summed E-state index contributed by atoms with van der Waals surface area (Å²) in [4.78, 5) is 18.7. The third-order valence-corrected chi connectivity index (χ3v) is 2.55. The maximum Gasteiger partial charge on any atom is 0.220 e. The van der Waals surface area contributed by atoms with Crippen molar-refractivity contribution in [3.05, 3.63) is 17.5 Å². The van der Waals surface area contributed by atoms with Crippen LogP contribution in [0.15, 0.2) is 12.5 Å². The van der Waals surface area contributed by atoms with Gasteiger partial charge >= 0.3 is 0 Å². The zero-order valence-electron chi connectivity index (χ0n) is 8.03.